The lowest BCUT2D eigenvalue weighted by atomic mass is 9.69. The molecule has 0 radical (unpaired) electrons. The smallest absolute Gasteiger partial charge is 0.144 e. The molecule has 0 heterocycles. The molecule has 0 amide bonds. The summed E-state index contributed by atoms with van der Waals surface area (Å²) < 4.78 is 14.4. The Labute approximate surface area is 109 Å². The Hall–Kier alpha value is -0.610. The van der Waals surface area contributed by atoms with Gasteiger partial charge in [0.05, 0.1) is 4.47 Å². The molecule has 1 fully saturated rings. The van der Waals surface area contributed by atoms with E-state index in [0.717, 1.165) is 25.7 Å². The van der Waals surface area contributed by atoms with E-state index in [4.69, 9.17) is 5.73 Å². The third kappa shape index (κ3) is 2.20. The fourth-order valence-corrected chi connectivity index (χ4v) is 3.11. The first-order chi connectivity index (χ1) is 8.10. The topological polar surface area (TPSA) is 46.2 Å². The van der Waals surface area contributed by atoms with E-state index in [1.54, 1.807) is 6.07 Å². The largest absolute Gasteiger partial charge is 0.507 e. The molecular formula is C13H17BrFNO. The van der Waals surface area contributed by atoms with Gasteiger partial charge in [0.15, 0.2) is 0 Å². The SMILES string of the molecule is NCC1(c2ccc(O)c(Br)c2F)CCCCC1. The summed E-state index contributed by atoms with van der Waals surface area (Å²) in [5.41, 5.74) is 6.27. The lowest BCUT2D eigenvalue weighted by Gasteiger charge is -2.37. The Morgan fingerprint density at radius 3 is 2.53 bits per heavy atom. The van der Waals surface area contributed by atoms with Gasteiger partial charge in [-0.15, -0.1) is 0 Å². The number of benzene rings is 1. The summed E-state index contributed by atoms with van der Waals surface area (Å²) in [4.78, 5) is 0. The maximum Gasteiger partial charge on any atom is 0.144 e. The lowest BCUT2D eigenvalue weighted by molar-refractivity contribution is 0.290. The minimum atomic E-state index is -0.364. The van der Waals surface area contributed by atoms with E-state index in [0.29, 0.717) is 12.1 Å². The van der Waals surface area contributed by atoms with E-state index in [2.05, 4.69) is 15.9 Å². The first-order valence-corrected chi connectivity index (χ1v) is 6.77. The fourth-order valence-electron chi connectivity index (χ4n) is 2.76. The van der Waals surface area contributed by atoms with Crippen molar-refractivity contribution in [2.75, 3.05) is 6.54 Å². The molecule has 2 nitrogen and oxygen atoms in total. The maximum absolute atomic E-state index is 14.2. The molecule has 0 saturated heterocycles. The molecule has 3 N–H and O–H groups in total. The third-order valence-electron chi connectivity index (χ3n) is 3.83. The van der Waals surface area contributed by atoms with Crippen LogP contribution in [0.15, 0.2) is 16.6 Å². The highest BCUT2D eigenvalue weighted by atomic mass is 79.9. The van der Waals surface area contributed by atoms with Crippen LogP contribution in [-0.2, 0) is 5.41 Å². The highest BCUT2D eigenvalue weighted by molar-refractivity contribution is 9.10. The predicted molar refractivity (Wildman–Crippen MR) is 69.6 cm³/mol. The van der Waals surface area contributed by atoms with Crippen molar-refractivity contribution < 1.29 is 9.50 Å². The number of halogens is 2. The van der Waals surface area contributed by atoms with Crippen LogP contribution in [0.5, 0.6) is 5.75 Å². The number of nitrogens with two attached hydrogens (primary N) is 1. The van der Waals surface area contributed by atoms with Gasteiger partial charge in [0.2, 0.25) is 0 Å². The maximum atomic E-state index is 14.2. The number of aromatic hydroxyl groups is 1. The van der Waals surface area contributed by atoms with E-state index in [1.807, 2.05) is 0 Å². The number of phenols is 1. The van der Waals surface area contributed by atoms with Crippen LogP contribution in [0.3, 0.4) is 0 Å². The van der Waals surface area contributed by atoms with Crippen molar-refractivity contribution in [1.29, 1.82) is 0 Å². The molecule has 2 rings (SSSR count). The van der Waals surface area contributed by atoms with E-state index in [9.17, 15) is 9.50 Å². The standard InChI is InChI=1S/C13H17BrFNO/c14-11-10(17)5-4-9(12(11)15)13(8-16)6-2-1-3-7-13/h4-5,17H,1-3,6-8,16H2. The summed E-state index contributed by atoms with van der Waals surface area (Å²) in [5.74, 6) is -0.424. The molecule has 1 saturated carbocycles. The molecule has 4 heteroatoms. The van der Waals surface area contributed by atoms with Crippen molar-refractivity contribution in [3.8, 4) is 5.75 Å². The molecule has 1 aromatic carbocycles. The number of rotatable bonds is 2. The zero-order valence-electron chi connectivity index (χ0n) is 9.68. The average molecular weight is 302 g/mol. The summed E-state index contributed by atoms with van der Waals surface area (Å²) >= 11 is 3.08. The van der Waals surface area contributed by atoms with Crippen molar-refractivity contribution in [3.63, 3.8) is 0 Å². The quantitative estimate of drug-likeness (QED) is 0.879. The van der Waals surface area contributed by atoms with Crippen LogP contribution in [0, 0.1) is 5.82 Å². The zero-order chi connectivity index (χ0) is 12.5. The Balaban J connectivity index is 2.47. The van der Waals surface area contributed by atoms with Gasteiger partial charge in [0, 0.05) is 12.0 Å². The van der Waals surface area contributed by atoms with Gasteiger partial charge in [-0.1, -0.05) is 25.3 Å². The Morgan fingerprint density at radius 2 is 1.94 bits per heavy atom. The van der Waals surface area contributed by atoms with Crippen LogP contribution in [0.4, 0.5) is 4.39 Å². The monoisotopic (exact) mass is 301 g/mol. The first kappa shape index (κ1) is 12.8. The molecular weight excluding hydrogens is 285 g/mol. The normalized spacial score (nSPS) is 19.2. The van der Waals surface area contributed by atoms with E-state index in [1.165, 1.54) is 12.5 Å². The minimum absolute atomic E-state index is 0.0609. The summed E-state index contributed by atoms with van der Waals surface area (Å²) in [5, 5.41) is 9.46. The van der Waals surface area contributed by atoms with E-state index < -0.39 is 0 Å². The van der Waals surface area contributed by atoms with Crippen molar-refractivity contribution in [2.45, 2.75) is 37.5 Å². The highest BCUT2D eigenvalue weighted by Gasteiger charge is 2.35. The Morgan fingerprint density at radius 1 is 1.29 bits per heavy atom. The molecule has 1 aliphatic carbocycles. The van der Waals surface area contributed by atoms with E-state index in [-0.39, 0.29) is 21.5 Å². The number of phenolic OH excluding ortho intramolecular Hbond substituents is 1. The van der Waals surface area contributed by atoms with Gasteiger partial charge < -0.3 is 10.8 Å². The molecule has 0 atom stereocenters. The van der Waals surface area contributed by atoms with Gasteiger partial charge in [0.25, 0.3) is 0 Å². The molecule has 1 aromatic rings. The predicted octanol–water partition coefficient (Wildman–Crippen LogP) is 3.45. The molecule has 1 aliphatic rings. The fraction of sp³-hybridized carbons (Fsp3) is 0.538. The van der Waals surface area contributed by atoms with Crippen molar-refractivity contribution in [1.82, 2.24) is 0 Å². The van der Waals surface area contributed by atoms with Crippen LogP contribution < -0.4 is 5.73 Å². The lowest BCUT2D eigenvalue weighted by Crippen LogP contribution is -2.38. The van der Waals surface area contributed by atoms with Crippen molar-refractivity contribution >= 4 is 15.9 Å². The Bertz CT molecular complexity index is 416. The number of hydrogen-bond donors (Lipinski definition) is 2. The van der Waals surface area contributed by atoms with Gasteiger partial charge in [-0.3, -0.25) is 0 Å². The van der Waals surface area contributed by atoms with Crippen LogP contribution in [0.2, 0.25) is 0 Å². The second-order valence-corrected chi connectivity index (χ2v) is 5.60. The van der Waals surface area contributed by atoms with Gasteiger partial charge >= 0.3 is 0 Å². The molecule has 94 valence electrons. The van der Waals surface area contributed by atoms with Gasteiger partial charge in [-0.05, 0) is 40.4 Å². The second-order valence-electron chi connectivity index (χ2n) is 4.81. The summed E-state index contributed by atoms with van der Waals surface area (Å²) in [6, 6.07) is 3.21. The molecule has 0 bridgehead atoms. The molecule has 0 spiro atoms. The molecule has 17 heavy (non-hydrogen) atoms. The highest BCUT2D eigenvalue weighted by Crippen LogP contribution is 2.42. The molecule has 0 aliphatic heterocycles. The summed E-state index contributed by atoms with van der Waals surface area (Å²) in [6.45, 7) is 0.459. The molecule has 0 aromatic heterocycles. The van der Waals surface area contributed by atoms with Gasteiger partial charge in [-0.25, -0.2) is 4.39 Å². The third-order valence-corrected chi connectivity index (χ3v) is 4.59. The summed E-state index contributed by atoms with van der Waals surface area (Å²) in [7, 11) is 0. The molecule has 0 unspecified atom stereocenters. The first-order valence-electron chi connectivity index (χ1n) is 5.98. The average Bonchev–Trinajstić information content (AvgIpc) is 2.37. The Kier molecular flexibility index (Phi) is 3.73. The van der Waals surface area contributed by atoms with Crippen LogP contribution in [0.25, 0.3) is 0 Å². The second kappa shape index (κ2) is 4.94. The van der Waals surface area contributed by atoms with Crippen LogP contribution in [-0.4, -0.2) is 11.7 Å². The number of hydrogen-bond acceptors (Lipinski definition) is 2. The van der Waals surface area contributed by atoms with Gasteiger partial charge in [-0.2, -0.15) is 0 Å². The minimum Gasteiger partial charge on any atom is -0.507 e. The van der Waals surface area contributed by atoms with Crippen molar-refractivity contribution in [2.24, 2.45) is 5.73 Å². The van der Waals surface area contributed by atoms with Crippen molar-refractivity contribution in [3.05, 3.63) is 28.0 Å². The van der Waals surface area contributed by atoms with Crippen LogP contribution >= 0.6 is 15.9 Å². The van der Waals surface area contributed by atoms with Crippen LogP contribution in [0.1, 0.15) is 37.7 Å². The van der Waals surface area contributed by atoms with Gasteiger partial charge in [0.1, 0.15) is 11.6 Å². The summed E-state index contributed by atoms with van der Waals surface area (Å²) in [6.07, 6.45) is 5.24. The van der Waals surface area contributed by atoms with E-state index >= 15 is 0 Å². The zero-order valence-corrected chi connectivity index (χ0v) is 11.3.